The van der Waals surface area contributed by atoms with Crippen LogP contribution < -0.4 is 14.8 Å². The number of halogens is 1. The minimum Gasteiger partial charge on any atom is -0.486 e. The standard InChI is InChI=1S/C18H26ClN3O4S/c1-18(2)12-22(6-9-27(18,23)24)17(20-3)21-5-4-13-10-14(19)16-15(11-13)25-7-8-26-16/h10-11H,4-9,12H2,1-3H3,(H,20,21). The first kappa shape index (κ1) is 20.1. The Bertz CT molecular complexity index is 839. The molecule has 1 fully saturated rings. The Labute approximate surface area is 165 Å². The molecule has 1 N–H and O–H groups in total. The number of sulfone groups is 1. The third-order valence-corrected chi connectivity index (χ3v) is 7.72. The molecule has 9 heteroatoms. The van der Waals surface area contributed by atoms with Gasteiger partial charge in [0.1, 0.15) is 13.2 Å². The number of hydrogen-bond donors (Lipinski definition) is 1. The largest absolute Gasteiger partial charge is 0.486 e. The summed E-state index contributed by atoms with van der Waals surface area (Å²) in [6.07, 6.45) is 0.727. The van der Waals surface area contributed by atoms with Gasteiger partial charge in [0.25, 0.3) is 0 Å². The Kier molecular flexibility index (Phi) is 5.76. The number of nitrogens with zero attached hydrogens (tertiary/aromatic N) is 2. The van der Waals surface area contributed by atoms with Gasteiger partial charge < -0.3 is 19.7 Å². The van der Waals surface area contributed by atoms with Crippen molar-refractivity contribution in [1.29, 1.82) is 0 Å². The molecule has 3 rings (SSSR count). The van der Waals surface area contributed by atoms with Crippen LogP contribution in [0.15, 0.2) is 17.1 Å². The molecule has 0 spiro atoms. The van der Waals surface area contributed by atoms with Gasteiger partial charge in [0.2, 0.25) is 0 Å². The van der Waals surface area contributed by atoms with E-state index in [1.165, 1.54) is 0 Å². The average molecular weight is 416 g/mol. The van der Waals surface area contributed by atoms with Gasteiger partial charge in [-0.1, -0.05) is 11.6 Å². The Morgan fingerprint density at radius 2 is 2.07 bits per heavy atom. The van der Waals surface area contributed by atoms with E-state index in [1.807, 2.05) is 17.0 Å². The van der Waals surface area contributed by atoms with Crippen LogP contribution in [0.5, 0.6) is 11.5 Å². The fourth-order valence-corrected chi connectivity index (χ4v) is 4.94. The van der Waals surface area contributed by atoms with Crippen LogP contribution in [0.3, 0.4) is 0 Å². The number of ether oxygens (including phenoxy) is 2. The second-order valence-corrected chi connectivity index (χ2v) is 10.5. The minimum absolute atomic E-state index is 0.137. The molecule has 0 bridgehead atoms. The zero-order valence-electron chi connectivity index (χ0n) is 15.9. The van der Waals surface area contributed by atoms with Gasteiger partial charge in [-0.05, 0) is 38.0 Å². The maximum atomic E-state index is 12.2. The average Bonchev–Trinajstić information content (AvgIpc) is 2.61. The highest BCUT2D eigenvalue weighted by Crippen LogP contribution is 2.38. The van der Waals surface area contributed by atoms with Gasteiger partial charge in [0.15, 0.2) is 27.3 Å². The highest BCUT2D eigenvalue weighted by Gasteiger charge is 2.40. The van der Waals surface area contributed by atoms with Crippen molar-refractivity contribution in [2.24, 2.45) is 4.99 Å². The number of benzene rings is 1. The van der Waals surface area contributed by atoms with Crippen molar-refractivity contribution in [1.82, 2.24) is 10.2 Å². The summed E-state index contributed by atoms with van der Waals surface area (Å²) >= 11 is 6.28. The molecule has 0 atom stereocenters. The molecule has 2 aliphatic heterocycles. The lowest BCUT2D eigenvalue weighted by molar-refractivity contribution is 0.171. The molecular weight excluding hydrogens is 390 g/mol. The summed E-state index contributed by atoms with van der Waals surface area (Å²) < 4.78 is 34.7. The third-order valence-electron chi connectivity index (χ3n) is 4.91. The Morgan fingerprint density at radius 3 is 2.78 bits per heavy atom. The molecular formula is C18H26ClN3O4S. The summed E-state index contributed by atoms with van der Waals surface area (Å²) in [5.74, 6) is 2.13. The number of nitrogens with one attached hydrogen (secondary N) is 1. The first-order valence-electron chi connectivity index (χ1n) is 8.99. The van der Waals surface area contributed by atoms with Crippen molar-refractivity contribution < 1.29 is 17.9 Å². The molecule has 0 radical (unpaired) electrons. The lowest BCUT2D eigenvalue weighted by Crippen LogP contribution is -2.57. The summed E-state index contributed by atoms with van der Waals surface area (Å²) in [4.78, 5) is 6.31. The van der Waals surface area contributed by atoms with Gasteiger partial charge in [0.05, 0.1) is 15.5 Å². The quantitative estimate of drug-likeness (QED) is 0.598. The molecule has 7 nitrogen and oxygen atoms in total. The van der Waals surface area contributed by atoms with Crippen LogP contribution in [0, 0.1) is 0 Å². The smallest absolute Gasteiger partial charge is 0.193 e. The Morgan fingerprint density at radius 1 is 1.33 bits per heavy atom. The highest BCUT2D eigenvalue weighted by atomic mass is 35.5. The van der Waals surface area contributed by atoms with Gasteiger partial charge in [-0.15, -0.1) is 0 Å². The van der Waals surface area contributed by atoms with Crippen LogP contribution in [0.25, 0.3) is 0 Å². The molecule has 2 aliphatic rings. The van der Waals surface area contributed by atoms with Crippen molar-refractivity contribution in [3.05, 3.63) is 22.7 Å². The van der Waals surface area contributed by atoms with Crippen molar-refractivity contribution in [3.8, 4) is 11.5 Å². The molecule has 0 aliphatic carbocycles. The van der Waals surface area contributed by atoms with Crippen LogP contribution in [0.1, 0.15) is 19.4 Å². The number of aliphatic imine (C=N–C) groups is 1. The predicted molar refractivity (Wildman–Crippen MR) is 107 cm³/mol. The van der Waals surface area contributed by atoms with Gasteiger partial charge in [-0.25, -0.2) is 8.42 Å². The van der Waals surface area contributed by atoms with Crippen LogP contribution in [-0.2, 0) is 16.3 Å². The summed E-state index contributed by atoms with van der Waals surface area (Å²) in [6, 6.07) is 3.83. The maximum Gasteiger partial charge on any atom is 0.193 e. The second-order valence-electron chi connectivity index (χ2n) is 7.33. The first-order chi connectivity index (χ1) is 12.7. The van der Waals surface area contributed by atoms with Crippen molar-refractivity contribution in [2.75, 3.05) is 45.6 Å². The molecule has 0 amide bonds. The lowest BCUT2D eigenvalue weighted by atomic mass is 10.1. The summed E-state index contributed by atoms with van der Waals surface area (Å²) in [5.41, 5.74) is 1.04. The molecule has 1 aromatic rings. The van der Waals surface area contributed by atoms with Gasteiger partial charge in [0, 0.05) is 26.7 Å². The fraction of sp³-hybridized carbons (Fsp3) is 0.611. The van der Waals surface area contributed by atoms with E-state index in [2.05, 4.69) is 10.3 Å². The van der Waals surface area contributed by atoms with Crippen molar-refractivity contribution in [3.63, 3.8) is 0 Å². The Balaban J connectivity index is 1.60. The number of hydrogen-bond acceptors (Lipinski definition) is 5. The molecule has 0 saturated carbocycles. The zero-order chi connectivity index (χ0) is 19.7. The van der Waals surface area contributed by atoms with E-state index in [9.17, 15) is 8.42 Å². The summed E-state index contributed by atoms with van der Waals surface area (Å²) in [7, 11) is -1.37. The van der Waals surface area contributed by atoms with Crippen LogP contribution >= 0.6 is 11.6 Å². The van der Waals surface area contributed by atoms with E-state index in [-0.39, 0.29) is 5.75 Å². The van der Waals surface area contributed by atoms with E-state index < -0.39 is 14.6 Å². The van der Waals surface area contributed by atoms with E-state index in [4.69, 9.17) is 21.1 Å². The van der Waals surface area contributed by atoms with Crippen LogP contribution in [-0.4, -0.2) is 69.7 Å². The van der Waals surface area contributed by atoms with Gasteiger partial charge in [-0.3, -0.25) is 4.99 Å². The SMILES string of the molecule is CN=C(NCCc1cc(Cl)c2c(c1)OCCO2)N1CCS(=O)(=O)C(C)(C)C1. The van der Waals surface area contributed by atoms with Crippen LogP contribution in [0.4, 0.5) is 0 Å². The molecule has 0 unspecified atom stereocenters. The second kappa shape index (κ2) is 7.75. The van der Waals surface area contributed by atoms with Crippen LogP contribution in [0.2, 0.25) is 5.02 Å². The van der Waals surface area contributed by atoms with Gasteiger partial charge >= 0.3 is 0 Å². The topological polar surface area (TPSA) is 80.2 Å². The van der Waals surface area contributed by atoms with E-state index in [1.54, 1.807) is 20.9 Å². The summed E-state index contributed by atoms with van der Waals surface area (Å²) in [5, 5.41) is 3.87. The van der Waals surface area contributed by atoms with Crippen molar-refractivity contribution in [2.45, 2.75) is 25.0 Å². The molecule has 1 aromatic carbocycles. The normalized spacial score (nSPS) is 21.0. The molecule has 2 heterocycles. The molecule has 150 valence electrons. The molecule has 0 aromatic heterocycles. The van der Waals surface area contributed by atoms with E-state index in [0.717, 1.165) is 12.0 Å². The first-order valence-corrected chi connectivity index (χ1v) is 11.0. The van der Waals surface area contributed by atoms with E-state index in [0.29, 0.717) is 55.3 Å². The zero-order valence-corrected chi connectivity index (χ0v) is 17.5. The molecule has 1 saturated heterocycles. The maximum absolute atomic E-state index is 12.2. The predicted octanol–water partition coefficient (Wildman–Crippen LogP) is 1.74. The van der Waals surface area contributed by atoms with Gasteiger partial charge in [-0.2, -0.15) is 0 Å². The fourth-order valence-electron chi connectivity index (χ4n) is 3.28. The molecule has 27 heavy (non-hydrogen) atoms. The summed E-state index contributed by atoms with van der Waals surface area (Å²) in [6.45, 7) is 6.06. The Hall–Kier alpha value is -1.67. The minimum atomic E-state index is -3.08. The number of guanidine groups is 1. The lowest BCUT2D eigenvalue weighted by Gasteiger charge is -2.39. The number of rotatable bonds is 3. The van der Waals surface area contributed by atoms with E-state index >= 15 is 0 Å². The highest BCUT2D eigenvalue weighted by molar-refractivity contribution is 7.92. The third kappa shape index (κ3) is 4.27. The monoisotopic (exact) mass is 415 g/mol. The number of fused-ring (bicyclic) bond motifs is 1. The van der Waals surface area contributed by atoms with Crippen molar-refractivity contribution >= 4 is 27.4 Å².